The van der Waals surface area contributed by atoms with Gasteiger partial charge in [0.15, 0.2) is 9.84 Å². The van der Waals surface area contributed by atoms with Crippen molar-refractivity contribution >= 4 is 15.7 Å². The zero-order valence-electron chi connectivity index (χ0n) is 17.6. The van der Waals surface area contributed by atoms with E-state index in [0.717, 1.165) is 12.8 Å². The molecule has 1 amide bonds. The first-order valence-corrected chi connectivity index (χ1v) is 11.8. The number of aryl methyl sites for hydroxylation is 1. The third-order valence-corrected chi connectivity index (χ3v) is 7.62. The van der Waals surface area contributed by atoms with Crippen LogP contribution in [0.25, 0.3) is 0 Å². The smallest absolute Gasteiger partial charge is 0.247 e. The molecule has 0 heterocycles. The Balaban J connectivity index is 2.23. The topological polar surface area (TPSA) is 92.7 Å². The molecule has 2 rings (SSSR count). The Bertz CT molecular complexity index is 882. The number of nitrogens with one attached hydrogen (secondary N) is 1. The minimum Gasteiger partial charge on any atom is -0.497 e. The van der Waals surface area contributed by atoms with E-state index in [1.165, 1.54) is 24.8 Å². The van der Waals surface area contributed by atoms with Gasteiger partial charge >= 0.3 is 0 Å². The molecule has 0 fully saturated rings. The molecule has 0 saturated carbocycles. The summed E-state index contributed by atoms with van der Waals surface area (Å²) in [7, 11) is -2.26. The molecular formula is C23H31NO5S. The van der Waals surface area contributed by atoms with E-state index in [4.69, 9.17) is 4.74 Å². The van der Waals surface area contributed by atoms with E-state index in [9.17, 15) is 18.4 Å². The number of unbranched alkanes of at least 4 members (excludes halogenated alkanes) is 1. The Morgan fingerprint density at radius 2 is 1.70 bits per heavy atom. The average Bonchev–Trinajstić information content (AvgIpc) is 2.78. The molecule has 0 aliphatic rings. The quantitative estimate of drug-likeness (QED) is 0.298. The Morgan fingerprint density at radius 1 is 1.03 bits per heavy atom. The molecule has 0 aromatic heterocycles. The Morgan fingerprint density at radius 3 is 2.27 bits per heavy atom. The van der Waals surface area contributed by atoms with E-state index in [2.05, 4.69) is 0 Å². The second-order valence-corrected chi connectivity index (χ2v) is 9.53. The van der Waals surface area contributed by atoms with Crippen LogP contribution in [0.15, 0.2) is 59.5 Å². The number of benzene rings is 2. The van der Waals surface area contributed by atoms with Gasteiger partial charge in [-0.1, -0.05) is 50.1 Å². The average molecular weight is 434 g/mol. The van der Waals surface area contributed by atoms with Crippen molar-refractivity contribution in [1.29, 1.82) is 0 Å². The third-order valence-electron chi connectivity index (χ3n) is 5.33. The number of amides is 1. The molecule has 2 unspecified atom stereocenters. The maximum atomic E-state index is 13.4. The molecule has 164 valence electrons. The molecule has 0 bridgehead atoms. The standard InChI is InChI=1S/C23H31NO5S/c1-3-9-21(23(25)24-26)22(13-8-7-12-18-10-5-4-6-11-18)30(27,28)20-16-14-19(29-2)15-17-20/h4-6,10-11,14-17,21-22,26H,3,7-9,12-13H2,1-2H3,(H,24,25). The van der Waals surface area contributed by atoms with Crippen molar-refractivity contribution < 1.29 is 23.2 Å². The lowest BCUT2D eigenvalue weighted by atomic mass is 9.94. The molecule has 2 atom stereocenters. The Labute approximate surface area is 179 Å². The van der Waals surface area contributed by atoms with Gasteiger partial charge in [0.2, 0.25) is 5.91 Å². The number of carbonyl (C=O) groups excluding carboxylic acids is 1. The molecule has 2 aromatic rings. The lowest BCUT2D eigenvalue weighted by molar-refractivity contribution is -0.133. The first kappa shape index (κ1) is 23.9. The molecule has 0 aliphatic carbocycles. The third kappa shape index (κ3) is 6.31. The van der Waals surface area contributed by atoms with Crippen LogP contribution in [0.5, 0.6) is 5.75 Å². The van der Waals surface area contributed by atoms with E-state index >= 15 is 0 Å². The molecule has 0 aliphatic heterocycles. The van der Waals surface area contributed by atoms with Crippen molar-refractivity contribution in [2.75, 3.05) is 7.11 Å². The van der Waals surface area contributed by atoms with E-state index in [0.29, 0.717) is 31.4 Å². The largest absolute Gasteiger partial charge is 0.497 e. The van der Waals surface area contributed by atoms with Crippen molar-refractivity contribution in [3.05, 3.63) is 60.2 Å². The fourth-order valence-electron chi connectivity index (χ4n) is 3.71. The molecular weight excluding hydrogens is 402 g/mol. The summed E-state index contributed by atoms with van der Waals surface area (Å²) in [5, 5.41) is 8.29. The van der Waals surface area contributed by atoms with E-state index in [1.54, 1.807) is 17.6 Å². The number of hydrogen-bond acceptors (Lipinski definition) is 5. The minimum atomic E-state index is -3.78. The highest BCUT2D eigenvalue weighted by atomic mass is 32.2. The second-order valence-electron chi connectivity index (χ2n) is 7.36. The van der Waals surface area contributed by atoms with Gasteiger partial charge in [-0.3, -0.25) is 10.0 Å². The highest BCUT2D eigenvalue weighted by Gasteiger charge is 2.37. The predicted molar refractivity (Wildman–Crippen MR) is 116 cm³/mol. The van der Waals surface area contributed by atoms with Gasteiger partial charge in [0.25, 0.3) is 0 Å². The molecule has 0 saturated heterocycles. The number of hydrogen-bond donors (Lipinski definition) is 2. The van der Waals surface area contributed by atoms with Crippen molar-refractivity contribution in [1.82, 2.24) is 5.48 Å². The predicted octanol–water partition coefficient (Wildman–Crippen LogP) is 4.17. The Kier molecular flexibility index (Phi) is 9.33. The Hall–Kier alpha value is -2.38. The van der Waals surface area contributed by atoms with Gasteiger partial charge in [-0.25, -0.2) is 13.9 Å². The highest BCUT2D eigenvalue weighted by molar-refractivity contribution is 7.92. The van der Waals surface area contributed by atoms with Crippen LogP contribution in [0.3, 0.4) is 0 Å². The summed E-state index contributed by atoms with van der Waals surface area (Å²) in [6.07, 6.45) is 3.69. The monoisotopic (exact) mass is 433 g/mol. The highest BCUT2D eigenvalue weighted by Crippen LogP contribution is 2.30. The fraction of sp³-hybridized carbons (Fsp3) is 0.435. The molecule has 2 aromatic carbocycles. The molecule has 7 heteroatoms. The van der Waals surface area contributed by atoms with Crippen LogP contribution < -0.4 is 10.2 Å². The van der Waals surface area contributed by atoms with Crippen LogP contribution in [0.1, 0.15) is 44.6 Å². The SMILES string of the molecule is CCCC(C(=O)NO)C(CCCCc1ccccc1)S(=O)(=O)c1ccc(OC)cc1. The lowest BCUT2D eigenvalue weighted by Gasteiger charge is -2.25. The second kappa shape index (κ2) is 11.7. The van der Waals surface area contributed by atoms with Crippen molar-refractivity contribution in [3.8, 4) is 5.75 Å². The maximum Gasteiger partial charge on any atom is 0.247 e. The summed E-state index contributed by atoms with van der Waals surface area (Å²) in [6, 6.07) is 16.2. The van der Waals surface area contributed by atoms with E-state index in [1.807, 2.05) is 37.3 Å². The van der Waals surface area contributed by atoms with Gasteiger partial charge < -0.3 is 4.74 Å². The number of hydroxylamine groups is 1. The molecule has 2 N–H and O–H groups in total. The zero-order valence-corrected chi connectivity index (χ0v) is 18.4. The minimum absolute atomic E-state index is 0.156. The summed E-state index contributed by atoms with van der Waals surface area (Å²) >= 11 is 0. The molecule has 6 nitrogen and oxygen atoms in total. The first-order chi connectivity index (χ1) is 14.4. The summed E-state index contributed by atoms with van der Waals surface area (Å²) in [6.45, 7) is 1.89. The van der Waals surface area contributed by atoms with Crippen LogP contribution in [-0.4, -0.2) is 31.9 Å². The first-order valence-electron chi connectivity index (χ1n) is 10.3. The van der Waals surface area contributed by atoms with Gasteiger partial charge in [-0.05, 0) is 55.5 Å². The van der Waals surface area contributed by atoms with E-state index in [-0.39, 0.29) is 4.90 Å². The van der Waals surface area contributed by atoms with E-state index < -0.39 is 26.9 Å². The molecule has 30 heavy (non-hydrogen) atoms. The van der Waals surface area contributed by atoms with Crippen LogP contribution in [-0.2, 0) is 21.1 Å². The fourth-order valence-corrected chi connectivity index (χ4v) is 5.75. The van der Waals surface area contributed by atoms with Crippen LogP contribution >= 0.6 is 0 Å². The van der Waals surface area contributed by atoms with Gasteiger partial charge in [0, 0.05) is 0 Å². The van der Waals surface area contributed by atoms with Gasteiger partial charge in [-0.15, -0.1) is 0 Å². The lowest BCUT2D eigenvalue weighted by Crippen LogP contribution is -2.40. The normalized spacial score (nSPS) is 13.4. The van der Waals surface area contributed by atoms with Crippen LogP contribution in [0, 0.1) is 5.92 Å². The van der Waals surface area contributed by atoms with Gasteiger partial charge in [0.1, 0.15) is 5.75 Å². The van der Waals surface area contributed by atoms with Gasteiger partial charge in [0.05, 0.1) is 23.2 Å². The van der Waals surface area contributed by atoms with Crippen molar-refractivity contribution in [2.45, 2.75) is 55.6 Å². The summed E-state index contributed by atoms with van der Waals surface area (Å²) < 4.78 is 32.0. The summed E-state index contributed by atoms with van der Waals surface area (Å²) in [4.78, 5) is 12.5. The van der Waals surface area contributed by atoms with Crippen molar-refractivity contribution in [2.24, 2.45) is 5.92 Å². The number of carbonyl (C=O) groups is 1. The number of rotatable bonds is 12. The summed E-state index contributed by atoms with van der Waals surface area (Å²) in [5.41, 5.74) is 2.86. The molecule has 0 spiro atoms. The number of ether oxygens (including phenoxy) is 1. The summed E-state index contributed by atoms with van der Waals surface area (Å²) in [5.74, 6) is -0.905. The van der Waals surface area contributed by atoms with Crippen LogP contribution in [0.4, 0.5) is 0 Å². The maximum absolute atomic E-state index is 13.4. The van der Waals surface area contributed by atoms with Crippen molar-refractivity contribution in [3.63, 3.8) is 0 Å². The van der Waals surface area contributed by atoms with Gasteiger partial charge in [-0.2, -0.15) is 0 Å². The molecule has 0 radical (unpaired) electrons. The van der Waals surface area contributed by atoms with Crippen LogP contribution in [0.2, 0.25) is 0 Å². The zero-order chi connectivity index (χ0) is 22.0. The number of methoxy groups -OCH3 is 1. The number of sulfone groups is 1.